The fraction of sp³-hybridized carbons (Fsp3) is 0.455. The minimum absolute atomic E-state index is 0.222. The summed E-state index contributed by atoms with van der Waals surface area (Å²) in [4.78, 5) is 17.5. The maximum atomic E-state index is 11.7. The van der Waals surface area contributed by atoms with E-state index in [9.17, 15) is 4.79 Å². The van der Waals surface area contributed by atoms with Gasteiger partial charge in [0.15, 0.2) is 0 Å². The van der Waals surface area contributed by atoms with Crippen molar-refractivity contribution in [2.45, 2.75) is 13.0 Å². The predicted molar refractivity (Wildman–Crippen MR) is 66.0 cm³/mol. The topological polar surface area (TPSA) is 59.2 Å². The van der Waals surface area contributed by atoms with Gasteiger partial charge in [0.1, 0.15) is 5.82 Å². The summed E-state index contributed by atoms with van der Waals surface area (Å²) in [6.45, 7) is 1.46. The van der Waals surface area contributed by atoms with E-state index in [1.165, 1.54) is 0 Å². The number of alkyl halides is 1. The quantitative estimate of drug-likeness (QED) is 0.854. The summed E-state index contributed by atoms with van der Waals surface area (Å²) in [6, 6.07) is 3.71. The number of nitrogen functional groups attached to an aromatic ring is 1. The van der Waals surface area contributed by atoms with Crippen molar-refractivity contribution in [1.82, 2.24) is 9.88 Å². The van der Waals surface area contributed by atoms with Crippen LogP contribution >= 0.6 is 15.9 Å². The first-order chi connectivity index (χ1) is 7.69. The van der Waals surface area contributed by atoms with Crippen LogP contribution in [-0.4, -0.2) is 27.7 Å². The number of rotatable bonds is 3. The Morgan fingerprint density at radius 3 is 3.06 bits per heavy atom. The molecule has 2 N–H and O–H groups in total. The Balaban J connectivity index is 2.03. The average molecular weight is 284 g/mol. The third-order valence-corrected chi connectivity index (χ3v) is 3.65. The van der Waals surface area contributed by atoms with E-state index in [1.54, 1.807) is 6.20 Å². The van der Waals surface area contributed by atoms with Crippen LogP contribution in [0.2, 0.25) is 0 Å². The molecule has 1 amide bonds. The number of aromatic nitrogens is 1. The second-order valence-electron chi connectivity index (χ2n) is 4.09. The van der Waals surface area contributed by atoms with Crippen molar-refractivity contribution >= 4 is 27.7 Å². The van der Waals surface area contributed by atoms with E-state index in [-0.39, 0.29) is 5.91 Å². The molecular formula is C11H14BrN3O. The van der Waals surface area contributed by atoms with Crippen LogP contribution in [0.15, 0.2) is 18.3 Å². The van der Waals surface area contributed by atoms with Gasteiger partial charge in [-0.3, -0.25) is 4.79 Å². The highest BCUT2D eigenvalue weighted by atomic mass is 79.9. The van der Waals surface area contributed by atoms with E-state index in [1.807, 2.05) is 17.0 Å². The number of anilines is 1. The van der Waals surface area contributed by atoms with E-state index >= 15 is 0 Å². The highest BCUT2D eigenvalue weighted by molar-refractivity contribution is 9.09. The number of likely N-dealkylation sites (tertiary alicyclic amines) is 1. The zero-order chi connectivity index (χ0) is 11.5. The molecule has 1 fully saturated rings. The third-order valence-electron chi connectivity index (χ3n) is 2.73. The number of carbonyl (C=O) groups is 1. The van der Waals surface area contributed by atoms with Gasteiger partial charge in [0, 0.05) is 31.0 Å². The summed E-state index contributed by atoms with van der Waals surface area (Å²) in [5.41, 5.74) is 6.64. The van der Waals surface area contributed by atoms with Gasteiger partial charge < -0.3 is 10.6 Å². The van der Waals surface area contributed by atoms with Crippen LogP contribution in [0.1, 0.15) is 12.0 Å². The molecule has 1 aliphatic rings. The summed E-state index contributed by atoms with van der Waals surface area (Å²) in [7, 11) is 0. The Kier molecular flexibility index (Phi) is 3.43. The molecule has 16 heavy (non-hydrogen) atoms. The zero-order valence-corrected chi connectivity index (χ0v) is 10.5. The summed E-state index contributed by atoms with van der Waals surface area (Å²) in [5.74, 6) is 1.16. The maximum absolute atomic E-state index is 11.7. The average Bonchev–Trinajstić information content (AvgIpc) is 2.60. The van der Waals surface area contributed by atoms with Crippen LogP contribution in [0.5, 0.6) is 0 Å². The second-order valence-corrected chi connectivity index (χ2v) is 4.74. The number of nitrogens with two attached hydrogens (primary N) is 1. The minimum Gasteiger partial charge on any atom is -0.384 e. The fourth-order valence-electron chi connectivity index (χ4n) is 1.92. The van der Waals surface area contributed by atoms with Crippen molar-refractivity contribution in [3.63, 3.8) is 0 Å². The van der Waals surface area contributed by atoms with E-state index in [0.717, 1.165) is 17.4 Å². The lowest BCUT2D eigenvalue weighted by molar-refractivity contribution is -0.128. The first-order valence-corrected chi connectivity index (χ1v) is 6.35. The van der Waals surface area contributed by atoms with Crippen LogP contribution in [0.4, 0.5) is 5.82 Å². The maximum Gasteiger partial charge on any atom is 0.223 e. The fourth-order valence-corrected chi connectivity index (χ4v) is 2.36. The SMILES string of the molecule is Nc1cc(CN2CC(CBr)CC2=O)ccn1. The van der Waals surface area contributed by atoms with Crippen LogP contribution in [0, 0.1) is 5.92 Å². The Morgan fingerprint density at radius 1 is 1.62 bits per heavy atom. The van der Waals surface area contributed by atoms with Gasteiger partial charge >= 0.3 is 0 Å². The third kappa shape index (κ3) is 2.52. The minimum atomic E-state index is 0.222. The first-order valence-electron chi connectivity index (χ1n) is 5.23. The molecule has 1 aliphatic heterocycles. The Hall–Kier alpha value is -1.10. The molecule has 1 aromatic heterocycles. The van der Waals surface area contributed by atoms with Gasteiger partial charge in [-0.25, -0.2) is 4.98 Å². The number of halogens is 1. The highest BCUT2D eigenvalue weighted by Gasteiger charge is 2.28. The van der Waals surface area contributed by atoms with E-state index < -0.39 is 0 Å². The normalized spacial score (nSPS) is 20.4. The molecule has 0 aliphatic carbocycles. The lowest BCUT2D eigenvalue weighted by atomic mass is 10.2. The van der Waals surface area contributed by atoms with Crippen LogP contribution in [0.25, 0.3) is 0 Å². The summed E-state index contributed by atoms with van der Waals surface area (Å²) >= 11 is 3.42. The van der Waals surface area contributed by atoms with Crippen molar-refractivity contribution in [3.05, 3.63) is 23.9 Å². The lowest BCUT2D eigenvalue weighted by Crippen LogP contribution is -2.24. The van der Waals surface area contributed by atoms with Crippen molar-refractivity contribution in [2.75, 3.05) is 17.6 Å². The van der Waals surface area contributed by atoms with Crippen molar-refractivity contribution in [1.29, 1.82) is 0 Å². The van der Waals surface area contributed by atoms with Crippen LogP contribution in [-0.2, 0) is 11.3 Å². The molecule has 4 nitrogen and oxygen atoms in total. The van der Waals surface area contributed by atoms with Gasteiger partial charge in [0.05, 0.1) is 0 Å². The Labute approximate surface area is 103 Å². The van der Waals surface area contributed by atoms with Crippen molar-refractivity contribution in [2.24, 2.45) is 5.92 Å². The van der Waals surface area contributed by atoms with Gasteiger partial charge in [-0.2, -0.15) is 0 Å². The number of pyridine rings is 1. The molecule has 1 saturated heterocycles. The van der Waals surface area contributed by atoms with Gasteiger partial charge in [0.25, 0.3) is 0 Å². The molecule has 1 unspecified atom stereocenters. The largest absolute Gasteiger partial charge is 0.384 e. The van der Waals surface area contributed by atoms with E-state index in [2.05, 4.69) is 20.9 Å². The molecular weight excluding hydrogens is 270 g/mol. The molecule has 5 heteroatoms. The molecule has 2 rings (SSSR count). The molecule has 0 bridgehead atoms. The zero-order valence-electron chi connectivity index (χ0n) is 8.90. The van der Waals surface area contributed by atoms with E-state index in [4.69, 9.17) is 5.73 Å². The molecule has 0 radical (unpaired) electrons. The monoisotopic (exact) mass is 283 g/mol. The van der Waals surface area contributed by atoms with Crippen molar-refractivity contribution < 1.29 is 4.79 Å². The van der Waals surface area contributed by atoms with Crippen LogP contribution < -0.4 is 5.73 Å². The van der Waals surface area contributed by atoms with Gasteiger partial charge in [-0.05, 0) is 23.6 Å². The molecule has 1 aromatic rings. The number of amides is 1. The lowest BCUT2D eigenvalue weighted by Gasteiger charge is -2.16. The summed E-state index contributed by atoms with van der Waals surface area (Å²) < 4.78 is 0. The molecule has 2 heterocycles. The van der Waals surface area contributed by atoms with Crippen LogP contribution in [0.3, 0.4) is 0 Å². The highest BCUT2D eigenvalue weighted by Crippen LogP contribution is 2.21. The summed E-state index contributed by atoms with van der Waals surface area (Å²) in [5, 5.41) is 0.883. The van der Waals surface area contributed by atoms with E-state index in [0.29, 0.717) is 24.7 Å². The molecule has 86 valence electrons. The summed E-state index contributed by atoms with van der Waals surface area (Å²) in [6.07, 6.45) is 2.32. The molecule has 0 saturated carbocycles. The van der Waals surface area contributed by atoms with Gasteiger partial charge in [-0.15, -0.1) is 0 Å². The number of carbonyl (C=O) groups excluding carboxylic acids is 1. The standard InChI is InChI=1S/C11H14BrN3O/c12-5-9-4-11(16)15(7-9)6-8-1-2-14-10(13)3-8/h1-3,9H,4-7H2,(H2,13,14). The molecule has 1 atom stereocenters. The molecule has 0 aromatic carbocycles. The smallest absolute Gasteiger partial charge is 0.223 e. The second kappa shape index (κ2) is 4.82. The Morgan fingerprint density at radius 2 is 2.44 bits per heavy atom. The van der Waals surface area contributed by atoms with Gasteiger partial charge in [-0.1, -0.05) is 15.9 Å². The first kappa shape index (κ1) is 11.4. The molecule has 0 spiro atoms. The number of nitrogens with zero attached hydrogens (tertiary/aromatic N) is 2. The van der Waals surface area contributed by atoms with Crippen molar-refractivity contribution in [3.8, 4) is 0 Å². The number of hydrogen-bond acceptors (Lipinski definition) is 3. The van der Waals surface area contributed by atoms with Gasteiger partial charge in [0.2, 0.25) is 5.91 Å². The Bertz CT molecular complexity index is 397. The predicted octanol–water partition coefficient (Wildman–Crippen LogP) is 1.41. The number of hydrogen-bond donors (Lipinski definition) is 1.